The van der Waals surface area contributed by atoms with Gasteiger partial charge in [0.25, 0.3) is 0 Å². The minimum atomic E-state index is -0.147. The van der Waals surface area contributed by atoms with E-state index in [1.165, 1.54) is 6.07 Å². The van der Waals surface area contributed by atoms with Crippen LogP contribution in [0.2, 0.25) is 0 Å². The molecule has 0 amide bonds. The molecule has 0 aliphatic heterocycles. The second-order valence-corrected chi connectivity index (χ2v) is 4.14. The summed E-state index contributed by atoms with van der Waals surface area (Å²) in [5.74, 6) is -0.147. The Morgan fingerprint density at radius 2 is 2.06 bits per heavy atom. The predicted octanol–water partition coefficient (Wildman–Crippen LogP) is 2.75. The number of hydrogen-bond acceptors (Lipinski definition) is 1. The molecule has 0 aliphatic carbocycles. The molecule has 0 bridgehead atoms. The van der Waals surface area contributed by atoms with Crippen LogP contribution in [0, 0.1) is 19.7 Å². The van der Waals surface area contributed by atoms with Gasteiger partial charge in [-0.2, -0.15) is 0 Å². The van der Waals surface area contributed by atoms with Crippen molar-refractivity contribution in [2.24, 2.45) is 5.73 Å². The van der Waals surface area contributed by atoms with E-state index in [9.17, 15) is 4.39 Å². The number of benzene rings is 1. The van der Waals surface area contributed by atoms with Crippen LogP contribution < -0.4 is 5.73 Å². The maximum atomic E-state index is 13.8. The second kappa shape index (κ2) is 4.26. The molecular formula is C13H17FN2. The zero-order valence-electron chi connectivity index (χ0n) is 9.76. The maximum absolute atomic E-state index is 13.8. The van der Waals surface area contributed by atoms with Crippen LogP contribution in [0.15, 0.2) is 18.2 Å². The van der Waals surface area contributed by atoms with Crippen molar-refractivity contribution in [3.05, 3.63) is 35.3 Å². The summed E-state index contributed by atoms with van der Waals surface area (Å²) < 4.78 is 15.8. The number of hydrogen-bond donors (Lipinski definition) is 1. The second-order valence-electron chi connectivity index (χ2n) is 4.14. The summed E-state index contributed by atoms with van der Waals surface area (Å²) in [7, 11) is 0. The van der Waals surface area contributed by atoms with Crippen molar-refractivity contribution in [2.45, 2.75) is 26.8 Å². The van der Waals surface area contributed by atoms with E-state index < -0.39 is 0 Å². The van der Waals surface area contributed by atoms with Gasteiger partial charge in [0.1, 0.15) is 5.82 Å². The summed E-state index contributed by atoms with van der Waals surface area (Å²) >= 11 is 0. The van der Waals surface area contributed by atoms with E-state index in [-0.39, 0.29) is 5.82 Å². The largest absolute Gasteiger partial charge is 0.342 e. The Balaban J connectivity index is 2.66. The molecule has 0 aliphatic rings. The zero-order chi connectivity index (χ0) is 11.7. The fourth-order valence-electron chi connectivity index (χ4n) is 2.19. The van der Waals surface area contributed by atoms with E-state index in [1.54, 1.807) is 6.07 Å². The Bertz CT molecular complexity index is 514. The van der Waals surface area contributed by atoms with Gasteiger partial charge in [-0.15, -0.1) is 0 Å². The lowest BCUT2D eigenvalue weighted by molar-refractivity contribution is 0.607. The van der Waals surface area contributed by atoms with Crippen molar-refractivity contribution in [2.75, 3.05) is 6.54 Å². The number of para-hydroxylation sites is 1. The SMILES string of the molecule is Cc1c(C)n(CCCN)c2c(F)cccc12. The molecule has 2 rings (SSSR count). The molecule has 2 aromatic rings. The number of halogens is 1. The van der Waals surface area contributed by atoms with Gasteiger partial charge in [0.05, 0.1) is 5.52 Å². The van der Waals surface area contributed by atoms with E-state index in [2.05, 4.69) is 0 Å². The molecule has 0 fully saturated rings. The first-order valence-electron chi connectivity index (χ1n) is 5.60. The van der Waals surface area contributed by atoms with Crippen molar-refractivity contribution in [3.8, 4) is 0 Å². The molecule has 86 valence electrons. The highest BCUT2D eigenvalue weighted by molar-refractivity contribution is 5.85. The van der Waals surface area contributed by atoms with Crippen LogP contribution in [0.5, 0.6) is 0 Å². The summed E-state index contributed by atoms with van der Waals surface area (Å²) in [6, 6.07) is 5.25. The summed E-state index contributed by atoms with van der Waals surface area (Å²) in [6.45, 7) is 5.49. The van der Waals surface area contributed by atoms with Gasteiger partial charge in [-0.05, 0) is 38.4 Å². The quantitative estimate of drug-likeness (QED) is 0.847. The molecule has 3 heteroatoms. The van der Waals surface area contributed by atoms with Gasteiger partial charge in [-0.1, -0.05) is 12.1 Å². The Morgan fingerprint density at radius 3 is 2.75 bits per heavy atom. The lowest BCUT2D eigenvalue weighted by atomic mass is 10.1. The monoisotopic (exact) mass is 220 g/mol. The van der Waals surface area contributed by atoms with Crippen molar-refractivity contribution < 1.29 is 4.39 Å². The van der Waals surface area contributed by atoms with Crippen LogP contribution in [0.3, 0.4) is 0 Å². The standard InChI is InChI=1S/C13H17FN2/c1-9-10(2)16(8-4-7-15)13-11(9)5-3-6-12(13)14/h3,5-6H,4,7-8,15H2,1-2H3. The Kier molecular flexibility index (Phi) is 2.97. The molecular weight excluding hydrogens is 203 g/mol. The van der Waals surface area contributed by atoms with Gasteiger partial charge in [-0.3, -0.25) is 0 Å². The summed E-state index contributed by atoms with van der Waals surface area (Å²) in [4.78, 5) is 0. The minimum Gasteiger partial charge on any atom is -0.342 e. The average Bonchev–Trinajstić information content (AvgIpc) is 2.52. The van der Waals surface area contributed by atoms with Crippen LogP contribution in [-0.2, 0) is 6.54 Å². The van der Waals surface area contributed by atoms with Gasteiger partial charge < -0.3 is 10.3 Å². The first-order chi connectivity index (χ1) is 7.66. The topological polar surface area (TPSA) is 30.9 Å². The fourth-order valence-corrected chi connectivity index (χ4v) is 2.19. The summed E-state index contributed by atoms with van der Waals surface area (Å²) in [5, 5.41) is 1.01. The highest BCUT2D eigenvalue weighted by Gasteiger charge is 2.13. The molecule has 1 aromatic heterocycles. The van der Waals surface area contributed by atoms with E-state index in [0.717, 1.165) is 29.6 Å². The van der Waals surface area contributed by atoms with Gasteiger partial charge in [0.15, 0.2) is 0 Å². The van der Waals surface area contributed by atoms with Gasteiger partial charge in [-0.25, -0.2) is 4.39 Å². The lowest BCUT2D eigenvalue weighted by Gasteiger charge is -2.07. The Morgan fingerprint density at radius 1 is 1.31 bits per heavy atom. The van der Waals surface area contributed by atoms with Gasteiger partial charge in [0.2, 0.25) is 0 Å². The lowest BCUT2D eigenvalue weighted by Crippen LogP contribution is -2.07. The van der Waals surface area contributed by atoms with Crippen molar-refractivity contribution in [1.82, 2.24) is 4.57 Å². The average molecular weight is 220 g/mol. The van der Waals surface area contributed by atoms with Crippen LogP contribution in [0.1, 0.15) is 17.7 Å². The van der Waals surface area contributed by atoms with Crippen LogP contribution >= 0.6 is 0 Å². The number of nitrogens with two attached hydrogens (primary N) is 1. The molecule has 0 atom stereocenters. The summed E-state index contributed by atoms with van der Waals surface area (Å²) in [5.41, 5.74) is 8.51. The van der Waals surface area contributed by atoms with Crippen LogP contribution in [0.25, 0.3) is 10.9 Å². The molecule has 16 heavy (non-hydrogen) atoms. The molecule has 0 saturated heterocycles. The normalized spacial score (nSPS) is 11.2. The molecule has 1 heterocycles. The van der Waals surface area contributed by atoms with E-state index in [4.69, 9.17) is 5.73 Å². The third-order valence-corrected chi connectivity index (χ3v) is 3.19. The Labute approximate surface area is 94.9 Å². The smallest absolute Gasteiger partial charge is 0.147 e. The number of nitrogens with zero attached hydrogens (tertiary/aromatic N) is 1. The van der Waals surface area contributed by atoms with Crippen LogP contribution in [0.4, 0.5) is 4.39 Å². The fraction of sp³-hybridized carbons (Fsp3) is 0.385. The van der Waals surface area contributed by atoms with Gasteiger partial charge in [0, 0.05) is 17.6 Å². The van der Waals surface area contributed by atoms with Gasteiger partial charge >= 0.3 is 0 Å². The highest BCUT2D eigenvalue weighted by atomic mass is 19.1. The Hall–Kier alpha value is -1.35. The third kappa shape index (κ3) is 1.61. The molecule has 0 unspecified atom stereocenters. The van der Waals surface area contributed by atoms with Crippen molar-refractivity contribution >= 4 is 10.9 Å². The number of rotatable bonds is 3. The van der Waals surface area contributed by atoms with E-state index >= 15 is 0 Å². The molecule has 2 nitrogen and oxygen atoms in total. The molecule has 0 radical (unpaired) electrons. The third-order valence-electron chi connectivity index (χ3n) is 3.19. The number of fused-ring (bicyclic) bond motifs is 1. The van der Waals surface area contributed by atoms with Crippen molar-refractivity contribution in [3.63, 3.8) is 0 Å². The number of aromatic nitrogens is 1. The zero-order valence-corrected chi connectivity index (χ0v) is 9.76. The maximum Gasteiger partial charge on any atom is 0.147 e. The van der Waals surface area contributed by atoms with E-state index in [1.807, 2.05) is 24.5 Å². The highest BCUT2D eigenvalue weighted by Crippen LogP contribution is 2.27. The van der Waals surface area contributed by atoms with Crippen LogP contribution in [-0.4, -0.2) is 11.1 Å². The summed E-state index contributed by atoms with van der Waals surface area (Å²) in [6.07, 6.45) is 0.873. The molecule has 1 aromatic carbocycles. The molecule has 0 spiro atoms. The minimum absolute atomic E-state index is 0.147. The molecule has 0 saturated carbocycles. The van der Waals surface area contributed by atoms with Crippen molar-refractivity contribution in [1.29, 1.82) is 0 Å². The first kappa shape index (κ1) is 11.1. The predicted molar refractivity (Wildman–Crippen MR) is 65.0 cm³/mol. The molecule has 2 N–H and O–H groups in total. The van der Waals surface area contributed by atoms with E-state index in [0.29, 0.717) is 12.1 Å². The number of aryl methyl sites for hydroxylation is 2. The first-order valence-corrected chi connectivity index (χ1v) is 5.60.